The van der Waals surface area contributed by atoms with Crippen LogP contribution in [0.15, 0.2) is 18.2 Å². The summed E-state index contributed by atoms with van der Waals surface area (Å²) < 4.78 is 18.4. The Morgan fingerprint density at radius 2 is 2.09 bits per heavy atom. The molecule has 0 aliphatic heterocycles. The number of carbonyl (C=O) groups excluding carboxylic acids is 1. The van der Waals surface area contributed by atoms with Crippen LogP contribution in [-0.2, 0) is 9.59 Å². The molecule has 0 spiro atoms. The number of halogens is 1. The third-order valence-electron chi connectivity index (χ3n) is 2.83. The molecule has 0 unspecified atom stereocenters. The van der Waals surface area contributed by atoms with Gasteiger partial charge in [0.1, 0.15) is 11.8 Å². The number of carboxylic acids is 1. The van der Waals surface area contributed by atoms with Crippen molar-refractivity contribution in [2.45, 2.75) is 26.3 Å². The summed E-state index contributed by atoms with van der Waals surface area (Å²) >= 11 is 0. The Morgan fingerprint density at radius 3 is 2.57 bits per heavy atom. The maximum Gasteiger partial charge on any atom is 0.326 e. The fraction of sp³-hybridized carbons (Fsp3) is 0.429. The van der Waals surface area contributed by atoms with E-state index in [1.165, 1.54) is 0 Å². The normalized spacial score (nSPS) is 11.8. The number of rotatable bonds is 8. The molecule has 0 fully saturated rings. The lowest BCUT2D eigenvalue weighted by Gasteiger charge is -2.16. The molecule has 0 aliphatic carbocycles. The lowest BCUT2D eigenvalue weighted by atomic mass is 10.0. The molecule has 2 N–H and O–H groups in total. The van der Waals surface area contributed by atoms with Crippen molar-refractivity contribution >= 4 is 17.6 Å². The van der Waals surface area contributed by atoms with Crippen LogP contribution >= 0.6 is 0 Å². The third kappa shape index (κ3) is 5.89. The van der Waals surface area contributed by atoms with Crippen LogP contribution in [0.4, 0.5) is 10.1 Å². The molecule has 0 saturated heterocycles. The van der Waals surface area contributed by atoms with Crippen LogP contribution in [0, 0.1) is 21.8 Å². The number of ether oxygens (including phenoxy) is 1. The Hall–Kier alpha value is -2.71. The second kappa shape index (κ2) is 8.06. The summed E-state index contributed by atoms with van der Waals surface area (Å²) in [5.74, 6) is -2.93. The molecular formula is C14H17FN2O6. The number of aliphatic carboxylic acids is 1. The first-order chi connectivity index (χ1) is 10.7. The number of nitro benzene ring substituents is 1. The zero-order valence-corrected chi connectivity index (χ0v) is 12.6. The molecule has 1 amide bonds. The number of nitrogens with zero attached hydrogens (tertiary/aromatic N) is 1. The number of benzene rings is 1. The Kier molecular flexibility index (Phi) is 6.43. The second-order valence-corrected chi connectivity index (χ2v) is 5.25. The van der Waals surface area contributed by atoms with E-state index in [2.05, 4.69) is 5.32 Å². The van der Waals surface area contributed by atoms with Gasteiger partial charge in [-0.05, 0) is 18.4 Å². The van der Waals surface area contributed by atoms with Crippen molar-refractivity contribution < 1.29 is 28.7 Å². The first-order valence-electron chi connectivity index (χ1n) is 6.79. The molecule has 9 heteroatoms. The predicted molar refractivity (Wildman–Crippen MR) is 77.6 cm³/mol. The van der Waals surface area contributed by atoms with Gasteiger partial charge in [0.05, 0.1) is 4.92 Å². The van der Waals surface area contributed by atoms with Crippen LogP contribution in [0.5, 0.6) is 5.75 Å². The maximum absolute atomic E-state index is 13.4. The van der Waals surface area contributed by atoms with Crippen molar-refractivity contribution in [1.29, 1.82) is 0 Å². The number of nitrogens with one attached hydrogen (secondary N) is 1. The van der Waals surface area contributed by atoms with Gasteiger partial charge in [-0.3, -0.25) is 14.9 Å². The first-order valence-corrected chi connectivity index (χ1v) is 6.79. The molecule has 126 valence electrons. The third-order valence-corrected chi connectivity index (χ3v) is 2.83. The van der Waals surface area contributed by atoms with E-state index in [1.807, 2.05) is 13.8 Å². The number of amides is 1. The summed E-state index contributed by atoms with van der Waals surface area (Å²) in [5.41, 5.74) is -0.704. The summed E-state index contributed by atoms with van der Waals surface area (Å²) in [6, 6.07) is 1.81. The maximum atomic E-state index is 13.4. The van der Waals surface area contributed by atoms with E-state index in [4.69, 9.17) is 9.84 Å². The molecule has 0 heterocycles. The molecular weight excluding hydrogens is 311 g/mol. The summed E-state index contributed by atoms with van der Waals surface area (Å²) in [6.07, 6.45) is 0.257. The van der Waals surface area contributed by atoms with Gasteiger partial charge in [-0.15, -0.1) is 0 Å². The molecule has 0 radical (unpaired) electrons. The topological polar surface area (TPSA) is 119 Å². The second-order valence-electron chi connectivity index (χ2n) is 5.25. The average molecular weight is 328 g/mol. The molecule has 1 rings (SSSR count). The molecule has 1 aromatic rings. The van der Waals surface area contributed by atoms with E-state index in [-0.39, 0.29) is 18.1 Å². The van der Waals surface area contributed by atoms with Gasteiger partial charge in [0.2, 0.25) is 5.82 Å². The quantitative estimate of drug-likeness (QED) is 0.554. The summed E-state index contributed by atoms with van der Waals surface area (Å²) in [5, 5.41) is 21.8. The summed E-state index contributed by atoms with van der Waals surface area (Å²) in [4.78, 5) is 32.3. The molecule has 0 saturated carbocycles. The van der Waals surface area contributed by atoms with E-state index in [1.54, 1.807) is 0 Å². The minimum atomic E-state index is -1.16. The van der Waals surface area contributed by atoms with Gasteiger partial charge in [0.15, 0.2) is 6.61 Å². The standard InChI is InChI=1S/C14H17FN2O6/c1-8(2)5-11(14(19)20)16-13(18)7-23-9-3-4-12(17(21)22)10(15)6-9/h3-4,6,8,11H,5,7H2,1-2H3,(H,16,18)(H,19,20)/t11-/m0/s1. The van der Waals surface area contributed by atoms with Crippen LogP contribution < -0.4 is 10.1 Å². The first kappa shape index (κ1) is 18.3. The van der Waals surface area contributed by atoms with Crippen molar-refractivity contribution in [1.82, 2.24) is 5.32 Å². The van der Waals surface area contributed by atoms with Crippen molar-refractivity contribution in [2.75, 3.05) is 6.61 Å². The highest BCUT2D eigenvalue weighted by atomic mass is 19.1. The Bertz CT molecular complexity index is 605. The Morgan fingerprint density at radius 1 is 1.43 bits per heavy atom. The fourth-order valence-corrected chi connectivity index (χ4v) is 1.80. The number of hydrogen-bond acceptors (Lipinski definition) is 5. The molecule has 1 aromatic carbocycles. The van der Waals surface area contributed by atoms with Crippen molar-refractivity contribution in [3.63, 3.8) is 0 Å². The summed E-state index contributed by atoms with van der Waals surface area (Å²) in [7, 11) is 0. The minimum Gasteiger partial charge on any atom is -0.484 e. The van der Waals surface area contributed by atoms with Crippen LogP contribution in [0.3, 0.4) is 0 Å². The number of carbonyl (C=O) groups is 2. The Balaban J connectivity index is 2.60. The molecule has 8 nitrogen and oxygen atoms in total. The highest BCUT2D eigenvalue weighted by Gasteiger charge is 2.21. The molecule has 1 atom stereocenters. The van der Waals surface area contributed by atoms with E-state index < -0.39 is 41.0 Å². The number of hydrogen-bond donors (Lipinski definition) is 2. The lowest BCUT2D eigenvalue weighted by Crippen LogP contribution is -2.43. The van der Waals surface area contributed by atoms with Crippen LogP contribution in [0.1, 0.15) is 20.3 Å². The van der Waals surface area contributed by atoms with E-state index in [0.717, 1.165) is 18.2 Å². The Labute approximate surface area is 131 Å². The largest absolute Gasteiger partial charge is 0.484 e. The van der Waals surface area contributed by atoms with Crippen LogP contribution in [-0.4, -0.2) is 34.6 Å². The molecule has 0 aromatic heterocycles. The predicted octanol–water partition coefficient (Wildman–Crippen LogP) is 1.73. The highest BCUT2D eigenvalue weighted by Crippen LogP contribution is 2.22. The van der Waals surface area contributed by atoms with Gasteiger partial charge in [-0.2, -0.15) is 4.39 Å². The minimum absolute atomic E-state index is 0.0704. The highest BCUT2D eigenvalue weighted by molar-refractivity contribution is 5.84. The van der Waals surface area contributed by atoms with Crippen LogP contribution in [0.2, 0.25) is 0 Å². The van der Waals surface area contributed by atoms with E-state index >= 15 is 0 Å². The zero-order chi connectivity index (χ0) is 17.6. The molecule has 0 bridgehead atoms. The number of nitro groups is 1. The van der Waals surface area contributed by atoms with Gasteiger partial charge >= 0.3 is 11.7 Å². The monoisotopic (exact) mass is 328 g/mol. The van der Waals surface area contributed by atoms with Crippen molar-refractivity contribution in [3.8, 4) is 5.75 Å². The smallest absolute Gasteiger partial charge is 0.326 e. The SMILES string of the molecule is CC(C)C[C@H](NC(=O)COc1ccc([N+](=O)[O-])c(F)c1)C(=O)O. The van der Waals surface area contributed by atoms with E-state index in [0.29, 0.717) is 0 Å². The van der Waals surface area contributed by atoms with Crippen LogP contribution in [0.25, 0.3) is 0 Å². The zero-order valence-electron chi connectivity index (χ0n) is 12.6. The summed E-state index contributed by atoms with van der Waals surface area (Å²) in [6.45, 7) is 3.11. The van der Waals surface area contributed by atoms with Gasteiger partial charge in [-0.25, -0.2) is 4.79 Å². The number of carboxylic acid groups (broad SMARTS) is 1. The molecule has 0 aliphatic rings. The fourth-order valence-electron chi connectivity index (χ4n) is 1.80. The molecule has 23 heavy (non-hydrogen) atoms. The van der Waals surface area contributed by atoms with Crippen molar-refractivity contribution in [2.24, 2.45) is 5.92 Å². The van der Waals surface area contributed by atoms with Gasteiger partial charge in [0, 0.05) is 12.1 Å². The lowest BCUT2D eigenvalue weighted by molar-refractivity contribution is -0.387. The van der Waals surface area contributed by atoms with Crippen molar-refractivity contribution in [3.05, 3.63) is 34.1 Å². The van der Waals surface area contributed by atoms with Gasteiger partial charge in [0.25, 0.3) is 5.91 Å². The van der Waals surface area contributed by atoms with E-state index in [9.17, 15) is 24.1 Å². The van der Waals surface area contributed by atoms with Gasteiger partial charge in [-0.1, -0.05) is 13.8 Å². The average Bonchev–Trinajstić information content (AvgIpc) is 2.43. The van der Waals surface area contributed by atoms with Gasteiger partial charge < -0.3 is 15.2 Å².